The molecular weight excluding hydrogens is 526 g/mol. The standard InChI is InChI=1S/C18H24N4O12P2/c1-20-12-5-3-2-4-10(12)11(19-20)8-22-14(23)6-7-21(18(22)26)17-16(25)15(24)13(33-17)9-32-36(30,31)34-35(27,28)29/h2-7,10,12-13,15-17,24-25H,8-9H2,1H3,(H,30,31)(H2,27,28,29)/t10?,12?,13-,15?,16+,17-/m1/s1. The molecule has 0 aromatic carbocycles. The lowest BCUT2D eigenvalue weighted by molar-refractivity contribution is -0.0547. The van der Waals surface area contributed by atoms with Gasteiger partial charge in [0, 0.05) is 25.2 Å². The van der Waals surface area contributed by atoms with Crippen molar-refractivity contribution in [3.8, 4) is 0 Å². The summed E-state index contributed by atoms with van der Waals surface area (Å²) in [5, 5.41) is 26.9. The number of aromatic nitrogens is 2. The minimum absolute atomic E-state index is 0.0559. The Hall–Kier alpha value is -2.23. The van der Waals surface area contributed by atoms with Crippen molar-refractivity contribution in [1.29, 1.82) is 0 Å². The highest BCUT2D eigenvalue weighted by Crippen LogP contribution is 2.57. The fourth-order valence-corrected chi connectivity index (χ4v) is 5.79. The molecule has 1 saturated heterocycles. The SMILES string of the molecule is CN1N=C(Cn2c(=O)ccn([C@@H]3O[C@H](COP(=O)(O)OP(=O)(O)O)C(O)[C@@H]3O)c2=O)C2C=CC=CC21. The second-order valence-electron chi connectivity index (χ2n) is 8.26. The molecule has 36 heavy (non-hydrogen) atoms. The largest absolute Gasteiger partial charge is 0.481 e. The van der Waals surface area contributed by atoms with Gasteiger partial charge in [-0.2, -0.15) is 9.41 Å². The zero-order valence-corrected chi connectivity index (χ0v) is 20.4. The lowest BCUT2D eigenvalue weighted by atomic mass is 9.91. The Morgan fingerprint density at radius 2 is 1.81 bits per heavy atom. The highest BCUT2D eigenvalue weighted by molar-refractivity contribution is 7.60. The monoisotopic (exact) mass is 550 g/mol. The van der Waals surface area contributed by atoms with E-state index in [0.29, 0.717) is 5.71 Å². The predicted octanol–water partition coefficient (Wildman–Crippen LogP) is -1.73. The van der Waals surface area contributed by atoms with Crippen LogP contribution in [0.2, 0.25) is 0 Å². The molecule has 0 radical (unpaired) electrons. The summed E-state index contributed by atoms with van der Waals surface area (Å²) in [6.07, 6.45) is 2.14. The highest BCUT2D eigenvalue weighted by Gasteiger charge is 2.46. The van der Waals surface area contributed by atoms with Gasteiger partial charge in [-0.3, -0.25) is 23.5 Å². The molecule has 3 aliphatic rings. The number of hydrogen-bond acceptors (Lipinski definition) is 11. The van der Waals surface area contributed by atoms with Crippen LogP contribution in [-0.2, 0) is 29.2 Å². The number of hydrazone groups is 1. The third-order valence-corrected chi connectivity index (χ3v) is 8.00. The minimum atomic E-state index is -5.37. The molecule has 0 amide bonds. The summed E-state index contributed by atoms with van der Waals surface area (Å²) in [7, 11) is -8.84. The third-order valence-electron chi connectivity index (χ3n) is 5.85. The molecule has 7 atom stereocenters. The van der Waals surface area contributed by atoms with Crippen molar-refractivity contribution in [1.82, 2.24) is 14.1 Å². The van der Waals surface area contributed by atoms with Crippen LogP contribution in [0.5, 0.6) is 0 Å². The maximum atomic E-state index is 13.2. The molecule has 4 unspecified atom stereocenters. The number of allylic oxidation sites excluding steroid dienone is 2. The molecule has 1 aliphatic carbocycles. The number of likely N-dealkylation sites (N-methyl/N-ethyl adjacent to an activating group) is 1. The van der Waals surface area contributed by atoms with Crippen molar-refractivity contribution in [2.24, 2.45) is 11.0 Å². The second kappa shape index (κ2) is 9.91. The lowest BCUT2D eigenvalue weighted by Gasteiger charge is -2.22. The van der Waals surface area contributed by atoms with Gasteiger partial charge in [-0.15, -0.1) is 0 Å². The first kappa shape index (κ1) is 26.8. The van der Waals surface area contributed by atoms with Crippen molar-refractivity contribution in [3.63, 3.8) is 0 Å². The van der Waals surface area contributed by atoms with E-state index in [2.05, 4.69) is 13.9 Å². The molecule has 4 rings (SSSR count). The van der Waals surface area contributed by atoms with Crippen LogP contribution >= 0.6 is 15.6 Å². The molecule has 1 fully saturated rings. The Labute approximate surface area is 202 Å². The van der Waals surface area contributed by atoms with Gasteiger partial charge in [0.15, 0.2) is 6.23 Å². The van der Waals surface area contributed by atoms with Crippen LogP contribution in [0.25, 0.3) is 0 Å². The summed E-state index contributed by atoms with van der Waals surface area (Å²) in [5.74, 6) is -0.152. The first-order chi connectivity index (χ1) is 16.8. The average molecular weight is 550 g/mol. The molecular formula is C18H24N4O12P2. The van der Waals surface area contributed by atoms with Crippen LogP contribution in [0, 0.1) is 5.92 Å². The molecule has 1 aromatic heterocycles. The molecule has 2 aliphatic heterocycles. The van der Waals surface area contributed by atoms with Gasteiger partial charge in [-0.1, -0.05) is 24.3 Å². The van der Waals surface area contributed by atoms with Crippen LogP contribution in [0.3, 0.4) is 0 Å². The maximum Gasteiger partial charge on any atom is 0.481 e. The van der Waals surface area contributed by atoms with Gasteiger partial charge < -0.3 is 29.6 Å². The molecule has 5 N–H and O–H groups in total. The number of nitrogens with zero attached hydrogens (tertiary/aromatic N) is 4. The van der Waals surface area contributed by atoms with Gasteiger partial charge >= 0.3 is 21.3 Å². The smallest absolute Gasteiger partial charge is 0.387 e. The van der Waals surface area contributed by atoms with E-state index in [0.717, 1.165) is 21.4 Å². The molecule has 198 valence electrons. The van der Waals surface area contributed by atoms with Crippen molar-refractivity contribution >= 4 is 21.4 Å². The third kappa shape index (κ3) is 5.53. The number of aliphatic hydroxyl groups excluding tert-OH is 2. The Morgan fingerprint density at radius 3 is 2.50 bits per heavy atom. The summed E-state index contributed by atoms with van der Waals surface area (Å²) in [6, 6.07) is 1.01. The Balaban J connectivity index is 1.53. The summed E-state index contributed by atoms with van der Waals surface area (Å²) in [4.78, 5) is 52.4. The minimum Gasteiger partial charge on any atom is -0.387 e. The van der Waals surface area contributed by atoms with Crippen LogP contribution in [0.4, 0.5) is 0 Å². The lowest BCUT2D eigenvalue weighted by Crippen LogP contribution is -2.44. The molecule has 18 heteroatoms. The molecule has 0 bridgehead atoms. The summed E-state index contributed by atoms with van der Waals surface area (Å²) in [6.45, 7) is -1.07. The first-order valence-electron chi connectivity index (χ1n) is 10.5. The van der Waals surface area contributed by atoms with Crippen LogP contribution in [-0.4, -0.2) is 82.8 Å². The summed E-state index contributed by atoms with van der Waals surface area (Å²) < 4.78 is 37.7. The van der Waals surface area contributed by atoms with E-state index in [9.17, 15) is 33.8 Å². The number of phosphoric ester groups is 1. The van der Waals surface area contributed by atoms with Crippen molar-refractivity contribution in [2.75, 3.05) is 13.7 Å². The molecule has 1 aromatic rings. The number of phosphoric acid groups is 2. The van der Waals surface area contributed by atoms with E-state index in [4.69, 9.17) is 14.5 Å². The molecule has 16 nitrogen and oxygen atoms in total. The van der Waals surface area contributed by atoms with Gasteiger partial charge in [0.2, 0.25) is 0 Å². The number of fused-ring (bicyclic) bond motifs is 1. The molecule has 0 saturated carbocycles. The van der Waals surface area contributed by atoms with Crippen molar-refractivity contribution in [2.45, 2.75) is 37.1 Å². The van der Waals surface area contributed by atoms with Gasteiger partial charge in [0.1, 0.15) is 18.3 Å². The summed E-state index contributed by atoms with van der Waals surface area (Å²) >= 11 is 0. The first-order valence-corrected chi connectivity index (χ1v) is 13.5. The van der Waals surface area contributed by atoms with Gasteiger partial charge in [-0.25, -0.2) is 13.9 Å². The Bertz CT molecular complexity index is 1320. The fraction of sp³-hybridized carbons (Fsp3) is 0.500. The molecule has 3 heterocycles. The van der Waals surface area contributed by atoms with Gasteiger partial charge in [0.25, 0.3) is 5.56 Å². The van der Waals surface area contributed by atoms with E-state index >= 15 is 0 Å². The molecule has 0 spiro atoms. The fourth-order valence-electron chi connectivity index (χ4n) is 4.19. The van der Waals surface area contributed by atoms with Gasteiger partial charge in [0.05, 0.1) is 24.9 Å². The second-order valence-corrected chi connectivity index (χ2v) is 11.1. The zero-order chi connectivity index (χ0) is 26.4. The van der Waals surface area contributed by atoms with Gasteiger partial charge in [-0.05, 0) is 0 Å². The van der Waals surface area contributed by atoms with E-state index < -0.39 is 58.0 Å². The number of rotatable bonds is 8. The summed E-state index contributed by atoms with van der Waals surface area (Å²) in [5.41, 5.74) is -0.950. The van der Waals surface area contributed by atoms with E-state index in [1.807, 2.05) is 24.3 Å². The normalized spacial score (nSPS) is 31.4. The van der Waals surface area contributed by atoms with Crippen molar-refractivity contribution in [3.05, 3.63) is 57.4 Å². The van der Waals surface area contributed by atoms with Crippen LogP contribution in [0.15, 0.2) is 51.3 Å². The topological polar surface area (TPSA) is 223 Å². The number of aliphatic hydroxyl groups is 2. The van der Waals surface area contributed by atoms with E-state index in [1.165, 1.54) is 0 Å². The predicted molar refractivity (Wildman–Crippen MR) is 121 cm³/mol. The maximum absolute atomic E-state index is 13.2. The average Bonchev–Trinajstić information content (AvgIpc) is 3.25. The Kier molecular flexibility index (Phi) is 7.38. The number of ether oxygens (including phenoxy) is 1. The van der Waals surface area contributed by atoms with Crippen LogP contribution < -0.4 is 11.2 Å². The Morgan fingerprint density at radius 1 is 1.11 bits per heavy atom. The van der Waals surface area contributed by atoms with E-state index in [-0.39, 0.29) is 18.5 Å². The number of hydrogen-bond donors (Lipinski definition) is 5. The van der Waals surface area contributed by atoms with Crippen LogP contribution in [0.1, 0.15) is 6.23 Å². The zero-order valence-electron chi connectivity index (χ0n) is 18.6. The quantitative estimate of drug-likeness (QED) is 0.227. The van der Waals surface area contributed by atoms with E-state index in [1.54, 1.807) is 12.1 Å². The van der Waals surface area contributed by atoms with Crippen molar-refractivity contribution < 1.29 is 47.6 Å². The highest BCUT2D eigenvalue weighted by atomic mass is 31.3.